The Morgan fingerprint density at radius 3 is 2.18 bits per heavy atom. The van der Waals surface area contributed by atoms with Crippen molar-refractivity contribution in [3.05, 3.63) is 72.3 Å². The second kappa shape index (κ2) is 5.64. The molecule has 0 aliphatic heterocycles. The van der Waals surface area contributed by atoms with Crippen LogP contribution in [0.3, 0.4) is 0 Å². The minimum atomic E-state index is -0.355. The number of carbonyl (C=O) groups excluding carboxylic acids is 1. The highest BCUT2D eigenvalue weighted by Gasteiger charge is 2.12. The molecule has 0 spiro atoms. The van der Waals surface area contributed by atoms with E-state index in [9.17, 15) is 4.79 Å². The van der Waals surface area contributed by atoms with Gasteiger partial charge in [-0.15, -0.1) is 0 Å². The first kappa shape index (κ1) is 14.3. The van der Waals surface area contributed by atoms with Crippen LogP contribution < -0.4 is 0 Å². The van der Waals surface area contributed by atoms with Gasteiger partial charge in [0.15, 0.2) is 0 Å². The third-order valence-electron chi connectivity index (χ3n) is 3.83. The summed E-state index contributed by atoms with van der Waals surface area (Å²) in [5.74, 6) is -0.355. The molecule has 2 nitrogen and oxygen atoms in total. The normalized spacial score (nSPS) is 12.3. The molecule has 0 heterocycles. The van der Waals surface area contributed by atoms with Crippen molar-refractivity contribution in [2.45, 2.75) is 20.0 Å². The number of hydrogen-bond donors (Lipinski definition) is 0. The van der Waals surface area contributed by atoms with Crippen molar-refractivity contribution in [1.82, 2.24) is 0 Å². The molecule has 3 rings (SSSR count). The molecule has 0 radical (unpaired) electrons. The first-order chi connectivity index (χ1) is 10.5. The highest BCUT2D eigenvalue weighted by Crippen LogP contribution is 2.27. The summed E-state index contributed by atoms with van der Waals surface area (Å²) in [5.41, 5.74) is 1.40. The first-order valence-electron chi connectivity index (χ1n) is 7.33. The van der Waals surface area contributed by atoms with Crippen molar-refractivity contribution < 1.29 is 9.53 Å². The van der Waals surface area contributed by atoms with Crippen molar-refractivity contribution in [1.29, 1.82) is 0 Å². The van der Waals surface area contributed by atoms with Gasteiger partial charge in [0.1, 0.15) is 6.10 Å². The number of carbonyl (C=O) groups is 1. The minimum absolute atomic E-state index is 0.292. The molecule has 3 aromatic carbocycles. The molecule has 0 N–H and O–H groups in total. The lowest BCUT2D eigenvalue weighted by Crippen LogP contribution is -2.09. The molecule has 3 aromatic rings. The Hall–Kier alpha value is -2.61. The largest absolute Gasteiger partial charge is 0.454 e. The van der Waals surface area contributed by atoms with Gasteiger partial charge in [-0.05, 0) is 59.2 Å². The predicted octanol–water partition coefficient (Wildman–Crippen LogP) is 5.17. The zero-order chi connectivity index (χ0) is 15.7. The predicted molar refractivity (Wildman–Crippen MR) is 90.8 cm³/mol. The molecular weight excluding hydrogens is 272 g/mol. The van der Waals surface area contributed by atoms with Gasteiger partial charge in [-0.1, -0.05) is 43.0 Å². The minimum Gasteiger partial charge on any atom is -0.454 e. The number of ether oxygens (including phenoxy) is 1. The zero-order valence-corrected chi connectivity index (χ0v) is 12.8. The van der Waals surface area contributed by atoms with Gasteiger partial charge in [-0.25, -0.2) is 4.79 Å². The molecule has 0 fully saturated rings. The number of hydrogen-bond acceptors (Lipinski definition) is 2. The van der Waals surface area contributed by atoms with Crippen molar-refractivity contribution in [2.24, 2.45) is 0 Å². The van der Waals surface area contributed by atoms with Gasteiger partial charge in [-0.2, -0.15) is 0 Å². The maximum Gasteiger partial charge on any atom is 0.333 e. The summed E-state index contributed by atoms with van der Waals surface area (Å²) in [6, 6.07) is 18.8. The summed E-state index contributed by atoms with van der Waals surface area (Å²) in [6.07, 6.45) is -0.292. The number of benzene rings is 3. The van der Waals surface area contributed by atoms with E-state index in [-0.39, 0.29) is 12.1 Å². The van der Waals surface area contributed by atoms with Crippen LogP contribution >= 0.6 is 0 Å². The van der Waals surface area contributed by atoms with Crippen molar-refractivity contribution in [2.75, 3.05) is 0 Å². The Morgan fingerprint density at radius 1 is 0.955 bits per heavy atom. The molecule has 0 aromatic heterocycles. The van der Waals surface area contributed by atoms with Crippen LogP contribution in [0.1, 0.15) is 25.5 Å². The molecule has 0 amide bonds. The molecule has 1 unspecified atom stereocenters. The first-order valence-corrected chi connectivity index (χ1v) is 7.33. The van der Waals surface area contributed by atoms with E-state index in [1.54, 1.807) is 6.92 Å². The summed E-state index contributed by atoms with van der Waals surface area (Å²) in [5, 5.41) is 4.76. The van der Waals surface area contributed by atoms with Gasteiger partial charge in [0.2, 0.25) is 0 Å². The fraction of sp³-hybridized carbons (Fsp3) is 0.150. The fourth-order valence-electron chi connectivity index (χ4n) is 2.54. The summed E-state index contributed by atoms with van der Waals surface area (Å²) in [4.78, 5) is 11.6. The third kappa shape index (κ3) is 2.73. The zero-order valence-electron chi connectivity index (χ0n) is 12.8. The van der Waals surface area contributed by atoms with Crippen LogP contribution in [0.2, 0.25) is 0 Å². The van der Waals surface area contributed by atoms with E-state index in [0.717, 1.165) is 10.9 Å². The molecule has 0 saturated heterocycles. The Morgan fingerprint density at radius 2 is 1.55 bits per heavy atom. The lowest BCUT2D eigenvalue weighted by molar-refractivity contribution is -0.143. The Bertz CT molecular complexity index is 877. The molecule has 0 aliphatic rings. The highest BCUT2D eigenvalue weighted by atomic mass is 16.5. The second-order valence-corrected chi connectivity index (χ2v) is 5.63. The van der Waals surface area contributed by atoms with Gasteiger partial charge < -0.3 is 4.74 Å². The van der Waals surface area contributed by atoms with E-state index in [1.165, 1.54) is 16.2 Å². The van der Waals surface area contributed by atoms with Crippen molar-refractivity contribution in [3.63, 3.8) is 0 Å². The van der Waals surface area contributed by atoms with E-state index in [1.807, 2.05) is 25.1 Å². The van der Waals surface area contributed by atoms with Gasteiger partial charge in [0.25, 0.3) is 0 Å². The summed E-state index contributed by atoms with van der Waals surface area (Å²) in [6.45, 7) is 7.14. The molecule has 2 heteroatoms. The molecule has 22 heavy (non-hydrogen) atoms. The Labute approximate surface area is 130 Å². The van der Waals surface area contributed by atoms with Gasteiger partial charge in [0, 0.05) is 5.57 Å². The molecule has 0 bridgehead atoms. The van der Waals surface area contributed by atoms with E-state index >= 15 is 0 Å². The number of esters is 1. The quantitative estimate of drug-likeness (QED) is 0.378. The van der Waals surface area contributed by atoms with Crippen molar-refractivity contribution in [3.8, 4) is 0 Å². The van der Waals surface area contributed by atoms with Crippen LogP contribution in [0.15, 0.2) is 66.7 Å². The van der Waals surface area contributed by atoms with Crippen LogP contribution in [0.5, 0.6) is 0 Å². The van der Waals surface area contributed by atoms with E-state index < -0.39 is 0 Å². The average Bonchev–Trinajstić information content (AvgIpc) is 2.52. The fourth-order valence-corrected chi connectivity index (χ4v) is 2.54. The van der Waals surface area contributed by atoms with Crippen LogP contribution in [0, 0.1) is 0 Å². The smallest absolute Gasteiger partial charge is 0.333 e. The monoisotopic (exact) mass is 290 g/mol. The number of rotatable bonds is 3. The maximum atomic E-state index is 11.6. The van der Waals surface area contributed by atoms with Crippen LogP contribution in [0.25, 0.3) is 21.5 Å². The van der Waals surface area contributed by atoms with Gasteiger partial charge in [0.05, 0.1) is 0 Å². The molecule has 0 aliphatic carbocycles. The number of fused-ring (bicyclic) bond motifs is 2. The van der Waals surface area contributed by atoms with E-state index in [2.05, 4.69) is 43.0 Å². The summed E-state index contributed by atoms with van der Waals surface area (Å²) < 4.78 is 5.40. The van der Waals surface area contributed by atoms with E-state index in [0.29, 0.717) is 5.57 Å². The Kier molecular flexibility index (Phi) is 3.68. The Balaban J connectivity index is 2.00. The standard InChI is InChI=1S/C20H18O2/c1-13(2)20(21)22-14(3)15-8-9-18-11-16-6-4-5-7-17(16)12-19(18)10-15/h4-12,14H,1H2,2-3H3. The summed E-state index contributed by atoms with van der Waals surface area (Å²) >= 11 is 0. The van der Waals surface area contributed by atoms with Crippen LogP contribution in [-0.2, 0) is 9.53 Å². The molecule has 0 saturated carbocycles. The van der Waals surface area contributed by atoms with Crippen LogP contribution in [0.4, 0.5) is 0 Å². The van der Waals surface area contributed by atoms with E-state index in [4.69, 9.17) is 4.74 Å². The molecule has 1 atom stereocenters. The summed E-state index contributed by atoms with van der Waals surface area (Å²) in [7, 11) is 0. The molecule has 110 valence electrons. The lowest BCUT2D eigenvalue weighted by Gasteiger charge is -2.14. The average molecular weight is 290 g/mol. The molecular formula is C20H18O2. The second-order valence-electron chi connectivity index (χ2n) is 5.63. The lowest BCUT2D eigenvalue weighted by atomic mass is 10.00. The maximum absolute atomic E-state index is 11.6. The van der Waals surface area contributed by atoms with Crippen molar-refractivity contribution >= 4 is 27.5 Å². The topological polar surface area (TPSA) is 26.3 Å². The SMILES string of the molecule is C=C(C)C(=O)OC(C)c1ccc2cc3ccccc3cc2c1. The highest BCUT2D eigenvalue weighted by molar-refractivity contribution is 5.98. The van der Waals surface area contributed by atoms with Gasteiger partial charge in [-0.3, -0.25) is 0 Å². The third-order valence-corrected chi connectivity index (χ3v) is 3.83. The van der Waals surface area contributed by atoms with Crippen LogP contribution in [-0.4, -0.2) is 5.97 Å². The van der Waals surface area contributed by atoms with Gasteiger partial charge >= 0.3 is 5.97 Å².